The first-order valence-electron chi connectivity index (χ1n) is 12.6. The largest absolute Gasteiger partial charge is 0.496 e. The molecular weight excluding hydrogens is 428 g/mol. The van der Waals surface area contributed by atoms with E-state index in [9.17, 15) is 4.79 Å². The van der Waals surface area contributed by atoms with Crippen LogP contribution < -0.4 is 14.8 Å². The van der Waals surface area contributed by atoms with Gasteiger partial charge in [0.15, 0.2) is 0 Å². The molecule has 180 valence electrons. The Bertz CT molecular complexity index is 1070. The minimum Gasteiger partial charge on any atom is -0.496 e. The van der Waals surface area contributed by atoms with Crippen molar-refractivity contribution in [3.8, 4) is 22.6 Å². The molecule has 2 aromatic rings. The number of nitrogens with one attached hydrogen (secondary N) is 1. The first kappa shape index (κ1) is 21.8. The van der Waals surface area contributed by atoms with Crippen LogP contribution in [0.15, 0.2) is 36.4 Å². The molecule has 1 N–H and O–H groups in total. The summed E-state index contributed by atoms with van der Waals surface area (Å²) in [5.74, 6) is 2.11. The molecule has 1 amide bonds. The number of ether oxygens (including phenoxy) is 3. The van der Waals surface area contributed by atoms with Gasteiger partial charge < -0.3 is 19.5 Å². The van der Waals surface area contributed by atoms with E-state index in [1.54, 1.807) is 14.2 Å². The number of hydrogen-bond acceptors (Lipinski definition) is 5. The Hall–Kier alpha value is -2.73. The maximum absolute atomic E-state index is 13.1. The Labute approximate surface area is 201 Å². The van der Waals surface area contributed by atoms with E-state index in [0.29, 0.717) is 5.92 Å². The second-order valence-corrected chi connectivity index (χ2v) is 10.5. The van der Waals surface area contributed by atoms with Gasteiger partial charge in [-0.3, -0.25) is 4.90 Å². The fourth-order valence-corrected chi connectivity index (χ4v) is 6.52. The smallest absolute Gasteiger partial charge is 0.407 e. The predicted molar refractivity (Wildman–Crippen MR) is 130 cm³/mol. The van der Waals surface area contributed by atoms with Crippen LogP contribution in [0.3, 0.4) is 0 Å². The molecule has 2 aromatic carbocycles. The average Bonchev–Trinajstić information content (AvgIpc) is 3.66. The molecule has 1 saturated carbocycles. The van der Waals surface area contributed by atoms with E-state index in [1.807, 2.05) is 18.2 Å². The van der Waals surface area contributed by atoms with Crippen molar-refractivity contribution in [3.05, 3.63) is 47.5 Å². The van der Waals surface area contributed by atoms with Crippen molar-refractivity contribution in [3.63, 3.8) is 0 Å². The van der Waals surface area contributed by atoms with Crippen LogP contribution in [-0.4, -0.2) is 51.0 Å². The van der Waals surface area contributed by atoms with Gasteiger partial charge in [-0.05, 0) is 91.8 Å². The van der Waals surface area contributed by atoms with Crippen molar-refractivity contribution in [2.45, 2.75) is 50.7 Å². The van der Waals surface area contributed by atoms with E-state index in [4.69, 9.17) is 14.2 Å². The Morgan fingerprint density at radius 2 is 1.76 bits per heavy atom. The number of carbonyl (C=O) groups is 1. The molecule has 1 spiro atoms. The minimum absolute atomic E-state index is 0.0125. The third kappa shape index (κ3) is 3.72. The summed E-state index contributed by atoms with van der Waals surface area (Å²) in [4.78, 5) is 15.5. The topological polar surface area (TPSA) is 60.0 Å². The zero-order valence-electron chi connectivity index (χ0n) is 20.1. The molecular formula is C28H34N2O4. The monoisotopic (exact) mass is 462 g/mol. The van der Waals surface area contributed by atoms with Gasteiger partial charge in [-0.15, -0.1) is 0 Å². The highest BCUT2D eigenvalue weighted by molar-refractivity contribution is 5.78. The molecule has 7 rings (SSSR count). The van der Waals surface area contributed by atoms with Gasteiger partial charge in [0.1, 0.15) is 17.6 Å². The van der Waals surface area contributed by atoms with Crippen molar-refractivity contribution in [2.24, 2.45) is 11.3 Å². The van der Waals surface area contributed by atoms with Crippen LogP contribution in [-0.2, 0) is 11.2 Å². The Morgan fingerprint density at radius 3 is 2.38 bits per heavy atom. The minimum atomic E-state index is -0.252. The normalized spacial score (nSPS) is 28.2. The zero-order valence-corrected chi connectivity index (χ0v) is 20.1. The van der Waals surface area contributed by atoms with Crippen LogP contribution >= 0.6 is 0 Å². The molecule has 34 heavy (non-hydrogen) atoms. The SMILES string of the molecule is COc1cccc(OC)c1-c1ccc2c(c1)CCC1(CC1)C2NC(=O)O[C@@H]1CN2CCC1CC2. The summed E-state index contributed by atoms with van der Waals surface area (Å²) in [5, 5.41) is 3.31. The number of methoxy groups -OCH3 is 2. The third-order valence-electron chi connectivity index (χ3n) is 8.68. The first-order valence-corrected chi connectivity index (χ1v) is 12.6. The second-order valence-electron chi connectivity index (χ2n) is 10.5. The number of carbonyl (C=O) groups excluding carboxylic acids is 1. The number of piperidine rings is 3. The lowest BCUT2D eigenvalue weighted by Crippen LogP contribution is -2.53. The summed E-state index contributed by atoms with van der Waals surface area (Å²) in [6.07, 6.45) is 6.51. The van der Waals surface area contributed by atoms with Gasteiger partial charge in [0.25, 0.3) is 0 Å². The van der Waals surface area contributed by atoms with Gasteiger partial charge in [0, 0.05) is 6.54 Å². The van der Waals surface area contributed by atoms with Crippen molar-refractivity contribution in [1.82, 2.24) is 10.2 Å². The first-order chi connectivity index (χ1) is 16.6. The molecule has 6 nitrogen and oxygen atoms in total. The number of benzene rings is 2. The van der Waals surface area contributed by atoms with Gasteiger partial charge >= 0.3 is 6.09 Å². The van der Waals surface area contributed by atoms with Crippen molar-refractivity contribution in [1.29, 1.82) is 0 Å². The fourth-order valence-electron chi connectivity index (χ4n) is 6.52. The molecule has 2 atom stereocenters. The molecule has 3 heterocycles. The third-order valence-corrected chi connectivity index (χ3v) is 8.68. The number of rotatable bonds is 5. The molecule has 0 radical (unpaired) electrons. The molecule has 6 heteroatoms. The van der Waals surface area contributed by atoms with Gasteiger partial charge in [-0.1, -0.05) is 24.3 Å². The summed E-state index contributed by atoms with van der Waals surface area (Å²) in [5.41, 5.74) is 4.75. The molecule has 2 bridgehead atoms. The van der Waals surface area contributed by atoms with Crippen LogP contribution in [0.25, 0.3) is 11.1 Å². The molecule has 1 unspecified atom stereocenters. The Kier molecular flexibility index (Phi) is 5.44. The summed E-state index contributed by atoms with van der Waals surface area (Å²) in [6, 6.07) is 12.5. The molecule has 4 fully saturated rings. The van der Waals surface area contributed by atoms with E-state index in [2.05, 4.69) is 28.4 Å². The number of fused-ring (bicyclic) bond motifs is 4. The lowest BCUT2D eigenvalue weighted by atomic mass is 9.76. The van der Waals surface area contributed by atoms with Crippen molar-refractivity contribution < 1.29 is 19.0 Å². The second kappa shape index (κ2) is 8.49. The maximum Gasteiger partial charge on any atom is 0.407 e. The van der Waals surface area contributed by atoms with Crippen LogP contribution in [0.2, 0.25) is 0 Å². The summed E-state index contributed by atoms with van der Waals surface area (Å²) in [7, 11) is 3.38. The maximum atomic E-state index is 13.1. The van der Waals surface area contributed by atoms with E-state index in [1.165, 1.54) is 24.0 Å². The summed E-state index contributed by atoms with van der Waals surface area (Å²) >= 11 is 0. The predicted octanol–water partition coefficient (Wildman–Crippen LogP) is 4.96. The van der Waals surface area contributed by atoms with Crippen molar-refractivity contribution in [2.75, 3.05) is 33.9 Å². The van der Waals surface area contributed by atoms with E-state index >= 15 is 0 Å². The average molecular weight is 463 g/mol. The quantitative estimate of drug-likeness (QED) is 0.681. The zero-order chi connectivity index (χ0) is 23.3. The highest BCUT2D eigenvalue weighted by atomic mass is 16.6. The van der Waals surface area contributed by atoms with Gasteiger partial charge in [0.2, 0.25) is 0 Å². The molecule has 3 saturated heterocycles. The lowest BCUT2D eigenvalue weighted by Gasteiger charge is -2.44. The van der Waals surface area contributed by atoms with Crippen molar-refractivity contribution >= 4 is 6.09 Å². The number of alkyl carbamates (subject to hydrolysis) is 1. The van der Waals surface area contributed by atoms with Crippen LogP contribution in [0, 0.1) is 11.3 Å². The number of amides is 1. The molecule has 5 aliphatic rings. The van der Waals surface area contributed by atoms with Crippen LogP contribution in [0.1, 0.15) is 49.3 Å². The summed E-state index contributed by atoms with van der Waals surface area (Å²) in [6.45, 7) is 3.17. The Morgan fingerprint density at radius 1 is 1.03 bits per heavy atom. The molecule has 3 aliphatic heterocycles. The van der Waals surface area contributed by atoms with E-state index in [0.717, 1.165) is 67.9 Å². The van der Waals surface area contributed by atoms with Gasteiger partial charge in [-0.25, -0.2) is 4.79 Å². The lowest BCUT2D eigenvalue weighted by molar-refractivity contribution is -0.0347. The van der Waals surface area contributed by atoms with Crippen LogP contribution in [0.5, 0.6) is 11.5 Å². The van der Waals surface area contributed by atoms with Gasteiger partial charge in [-0.2, -0.15) is 0 Å². The van der Waals surface area contributed by atoms with Crippen LogP contribution in [0.4, 0.5) is 4.79 Å². The molecule has 0 aromatic heterocycles. The van der Waals surface area contributed by atoms with Gasteiger partial charge in [0.05, 0.1) is 25.8 Å². The molecule has 2 aliphatic carbocycles. The standard InChI is InChI=1S/C28H34N2O4/c1-32-22-4-3-5-23(33-2)25(22)20-6-7-21-19(16-20)8-11-28(12-13-28)26(21)29-27(31)34-24-17-30-14-9-18(24)10-15-30/h3-7,16,18,24,26H,8-15,17H2,1-2H3,(H,29,31)/t24-,26?/m1/s1. The number of nitrogens with zero attached hydrogens (tertiary/aromatic N) is 1. The number of aryl methyl sites for hydroxylation is 1. The fraction of sp³-hybridized carbons (Fsp3) is 0.536. The Balaban J connectivity index is 1.26. The number of hydrogen-bond donors (Lipinski definition) is 1. The van der Waals surface area contributed by atoms with E-state index in [-0.39, 0.29) is 23.7 Å². The highest BCUT2D eigenvalue weighted by Gasteiger charge is 2.53. The summed E-state index contributed by atoms with van der Waals surface area (Å²) < 4.78 is 17.3. The van der Waals surface area contributed by atoms with E-state index < -0.39 is 0 Å². The highest BCUT2D eigenvalue weighted by Crippen LogP contribution is 2.61.